The lowest BCUT2D eigenvalue weighted by molar-refractivity contribution is 0.578. The van der Waals surface area contributed by atoms with Crippen LogP contribution >= 0.6 is 11.6 Å². The minimum atomic E-state index is -0.0332. The fourth-order valence-electron chi connectivity index (χ4n) is 2.43. The Bertz CT molecular complexity index is 448. The molecule has 0 amide bonds. The fourth-order valence-corrected chi connectivity index (χ4v) is 2.58. The lowest BCUT2D eigenvalue weighted by atomic mass is 10.1. The summed E-state index contributed by atoms with van der Waals surface area (Å²) in [5, 5.41) is 0. The van der Waals surface area contributed by atoms with E-state index < -0.39 is 0 Å². The predicted octanol–water partition coefficient (Wildman–Crippen LogP) is 4.26. The Hall–Kier alpha value is -1.02. The molecule has 0 aromatic heterocycles. The van der Waals surface area contributed by atoms with Crippen LogP contribution in [0.3, 0.4) is 0 Å². The second kappa shape index (κ2) is 5.96. The van der Waals surface area contributed by atoms with Gasteiger partial charge in [-0.15, -0.1) is 11.6 Å². The molecule has 0 bridgehead atoms. The molecule has 0 aliphatic carbocycles. The lowest BCUT2D eigenvalue weighted by Crippen LogP contribution is -2.32. The molecule has 0 fully saturated rings. The molecule has 2 rings (SSSR count). The number of nitrogens with zero attached hydrogens (tertiary/aromatic N) is 2. The molecule has 0 saturated heterocycles. The van der Waals surface area contributed by atoms with Crippen LogP contribution in [0.25, 0.3) is 0 Å². The van der Waals surface area contributed by atoms with Gasteiger partial charge in [-0.3, -0.25) is 4.99 Å². The van der Waals surface area contributed by atoms with Crippen molar-refractivity contribution in [3.8, 4) is 0 Å². The molecule has 1 heterocycles. The molecular weight excluding hydrogens is 256 g/mol. The molecule has 19 heavy (non-hydrogen) atoms. The largest absolute Gasteiger partial charge is 0.329 e. The van der Waals surface area contributed by atoms with E-state index in [1.54, 1.807) is 0 Å². The number of hydrogen-bond donors (Lipinski definition) is 0. The summed E-state index contributed by atoms with van der Waals surface area (Å²) in [6, 6.07) is 9.11. The van der Waals surface area contributed by atoms with Crippen molar-refractivity contribution < 1.29 is 0 Å². The average Bonchev–Trinajstić information content (AvgIpc) is 2.70. The van der Waals surface area contributed by atoms with E-state index in [4.69, 9.17) is 11.6 Å². The van der Waals surface area contributed by atoms with E-state index in [1.165, 1.54) is 11.3 Å². The van der Waals surface area contributed by atoms with Crippen molar-refractivity contribution in [1.82, 2.24) is 0 Å². The molecule has 3 heteroatoms. The van der Waals surface area contributed by atoms with Gasteiger partial charge in [0.15, 0.2) is 0 Å². The summed E-state index contributed by atoms with van der Waals surface area (Å²) < 4.78 is 0. The van der Waals surface area contributed by atoms with Crippen LogP contribution < -0.4 is 4.90 Å². The summed E-state index contributed by atoms with van der Waals surface area (Å²) >= 11 is 5.84. The summed E-state index contributed by atoms with van der Waals surface area (Å²) in [6.45, 7) is 6.37. The lowest BCUT2D eigenvalue weighted by Gasteiger charge is -2.24. The molecule has 1 atom stereocenters. The fraction of sp³-hybridized carbons (Fsp3) is 0.562. The summed E-state index contributed by atoms with van der Waals surface area (Å²) in [5.41, 5.74) is 2.69. The van der Waals surface area contributed by atoms with Crippen molar-refractivity contribution in [2.45, 2.75) is 51.6 Å². The summed E-state index contributed by atoms with van der Waals surface area (Å²) in [6.07, 6.45) is 5.29. The first-order chi connectivity index (χ1) is 9.01. The van der Waals surface area contributed by atoms with E-state index >= 15 is 0 Å². The number of hydrogen-bond acceptors (Lipinski definition) is 1. The van der Waals surface area contributed by atoms with Crippen molar-refractivity contribution in [2.24, 2.45) is 4.99 Å². The van der Waals surface area contributed by atoms with E-state index in [1.807, 2.05) is 6.34 Å². The molecule has 0 spiro atoms. The Morgan fingerprint density at radius 1 is 1.37 bits per heavy atom. The van der Waals surface area contributed by atoms with Crippen LogP contribution in [0.4, 0.5) is 5.69 Å². The van der Waals surface area contributed by atoms with Crippen molar-refractivity contribution >= 4 is 23.6 Å². The van der Waals surface area contributed by atoms with Crippen molar-refractivity contribution in [1.29, 1.82) is 0 Å². The van der Waals surface area contributed by atoms with Crippen LogP contribution in [0.5, 0.6) is 0 Å². The zero-order valence-electron chi connectivity index (χ0n) is 12.1. The second-order valence-corrected chi connectivity index (χ2v) is 6.52. The number of fused-ring (bicyclic) bond motifs is 1. The Labute approximate surface area is 121 Å². The second-order valence-electron chi connectivity index (χ2n) is 6.14. The maximum Gasteiger partial charge on any atom is 0.0903 e. The number of aliphatic imine (C=N–C) groups is 1. The smallest absolute Gasteiger partial charge is 0.0903 e. The topological polar surface area (TPSA) is 15.6 Å². The van der Waals surface area contributed by atoms with Crippen LogP contribution in [-0.4, -0.2) is 23.8 Å². The highest BCUT2D eigenvalue weighted by Gasteiger charge is 2.27. The Balaban J connectivity index is 2.21. The number of alkyl halides is 1. The Morgan fingerprint density at radius 2 is 2.11 bits per heavy atom. The quantitative estimate of drug-likeness (QED) is 0.456. The first-order valence-electron chi connectivity index (χ1n) is 6.99. The van der Waals surface area contributed by atoms with Gasteiger partial charge in [0, 0.05) is 17.6 Å². The Kier molecular flexibility index (Phi) is 4.51. The highest BCUT2D eigenvalue weighted by atomic mass is 35.5. The SMILES string of the molecule is CC(C)(C)N=CN1c2ccccc2CC1CCCCl. The minimum absolute atomic E-state index is 0.0332. The first-order valence-corrected chi connectivity index (χ1v) is 7.52. The van der Waals surface area contributed by atoms with E-state index in [0.29, 0.717) is 6.04 Å². The molecule has 104 valence electrons. The maximum absolute atomic E-state index is 5.84. The number of para-hydroxylation sites is 1. The molecule has 1 aliphatic heterocycles. The molecule has 1 unspecified atom stereocenters. The normalized spacial score (nSPS) is 19.2. The average molecular weight is 279 g/mol. The summed E-state index contributed by atoms with van der Waals surface area (Å²) in [7, 11) is 0. The number of benzene rings is 1. The van der Waals surface area contributed by atoms with Gasteiger partial charge in [-0.1, -0.05) is 18.2 Å². The maximum atomic E-state index is 5.84. The van der Waals surface area contributed by atoms with Gasteiger partial charge in [-0.25, -0.2) is 0 Å². The molecule has 1 aromatic rings. The number of rotatable bonds is 4. The van der Waals surface area contributed by atoms with Crippen LogP contribution in [0.2, 0.25) is 0 Å². The zero-order chi connectivity index (χ0) is 13.9. The highest BCUT2D eigenvalue weighted by molar-refractivity contribution is 6.17. The minimum Gasteiger partial charge on any atom is -0.329 e. The van der Waals surface area contributed by atoms with Gasteiger partial charge in [0.25, 0.3) is 0 Å². The Morgan fingerprint density at radius 3 is 2.79 bits per heavy atom. The standard InChI is InChI=1S/C16H23ClN2/c1-16(2,3)18-12-19-14(8-6-10-17)11-13-7-4-5-9-15(13)19/h4-5,7,9,12,14H,6,8,10-11H2,1-3H3. The third-order valence-corrected chi connectivity index (χ3v) is 3.63. The molecule has 2 nitrogen and oxygen atoms in total. The van der Waals surface area contributed by atoms with Crippen molar-refractivity contribution in [3.05, 3.63) is 29.8 Å². The van der Waals surface area contributed by atoms with Gasteiger partial charge >= 0.3 is 0 Å². The molecule has 1 aromatic carbocycles. The predicted molar refractivity (Wildman–Crippen MR) is 84.6 cm³/mol. The third-order valence-electron chi connectivity index (χ3n) is 3.36. The van der Waals surface area contributed by atoms with Crippen LogP contribution in [0.1, 0.15) is 39.2 Å². The molecule has 0 radical (unpaired) electrons. The van der Waals surface area contributed by atoms with E-state index in [0.717, 1.165) is 25.1 Å². The number of halogens is 1. The van der Waals surface area contributed by atoms with Crippen LogP contribution in [-0.2, 0) is 6.42 Å². The molecule has 0 N–H and O–H groups in total. The third kappa shape index (κ3) is 3.73. The first kappa shape index (κ1) is 14.4. The summed E-state index contributed by atoms with van der Waals surface area (Å²) in [5.74, 6) is 0.733. The zero-order valence-corrected chi connectivity index (χ0v) is 12.8. The van der Waals surface area contributed by atoms with Gasteiger partial charge in [-0.2, -0.15) is 0 Å². The monoisotopic (exact) mass is 278 g/mol. The molecule has 1 aliphatic rings. The van der Waals surface area contributed by atoms with Gasteiger partial charge < -0.3 is 4.90 Å². The van der Waals surface area contributed by atoms with Gasteiger partial charge in [-0.05, 0) is 51.7 Å². The van der Waals surface area contributed by atoms with Gasteiger partial charge in [0.2, 0.25) is 0 Å². The van der Waals surface area contributed by atoms with E-state index in [9.17, 15) is 0 Å². The van der Waals surface area contributed by atoms with Crippen LogP contribution in [0.15, 0.2) is 29.3 Å². The van der Waals surface area contributed by atoms with E-state index in [-0.39, 0.29) is 5.54 Å². The van der Waals surface area contributed by atoms with Gasteiger partial charge in [0.05, 0.1) is 11.9 Å². The van der Waals surface area contributed by atoms with Gasteiger partial charge in [0.1, 0.15) is 0 Å². The van der Waals surface area contributed by atoms with Crippen LogP contribution in [0, 0.1) is 0 Å². The van der Waals surface area contributed by atoms with E-state index in [2.05, 4.69) is 54.9 Å². The van der Waals surface area contributed by atoms with Crippen molar-refractivity contribution in [2.75, 3.05) is 10.8 Å². The number of anilines is 1. The molecular formula is C16H23ClN2. The summed E-state index contributed by atoms with van der Waals surface area (Å²) in [4.78, 5) is 6.99. The van der Waals surface area contributed by atoms with Crippen molar-refractivity contribution in [3.63, 3.8) is 0 Å². The highest BCUT2D eigenvalue weighted by Crippen LogP contribution is 2.33. The molecule has 0 saturated carbocycles.